The van der Waals surface area contributed by atoms with Crippen LogP contribution in [-0.2, 0) is 4.79 Å². The fourth-order valence-corrected chi connectivity index (χ4v) is 3.13. The first kappa shape index (κ1) is 18.5. The molecule has 0 saturated heterocycles. The highest BCUT2D eigenvalue weighted by molar-refractivity contribution is 8.00. The van der Waals surface area contributed by atoms with E-state index < -0.39 is 5.97 Å². The largest absolute Gasteiger partial charge is 0.478 e. The van der Waals surface area contributed by atoms with Gasteiger partial charge in [0.2, 0.25) is 5.91 Å². The van der Waals surface area contributed by atoms with Crippen LogP contribution in [0.25, 0.3) is 0 Å². The van der Waals surface area contributed by atoms with Crippen LogP contribution < -0.4 is 5.32 Å². The Morgan fingerprint density at radius 1 is 1.24 bits per heavy atom. The van der Waals surface area contributed by atoms with Crippen molar-refractivity contribution in [3.8, 4) is 6.07 Å². The molecule has 1 amide bonds. The monoisotopic (exact) mass is 355 g/mol. The second-order valence-electron chi connectivity index (χ2n) is 5.43. The minimum Gasteiger partial charge on any atom is -0.478 e. The SMILES string of the molecule is Cc1nc(SCC(=O)Nc2ccccc2C(=O)O)c(C#N)c(C)c1C. The molecule has 1 heterocycles. The van der Waals surface area contributed by atoms with Gasteiger partial charge in [0.05, 0.1) is 22.6 Å². The molecule has 0 aliphatic heterocycles. The molecule has 0 bridgehead atoms. The van der Waals surface area contributed by atoms with Crippen molar-refractivity contribution in [2.45, 2.75) is 25.8 Å². The molecule has 0 aliphatic rings. The van der Waals surface area contributed by atoms with Crippen LogP contribution in [0.15, 0.2) is 29.3 Å². The number of carbonyl (C=O) groups excluding carboxylic acids is 1. The Kier molecular flexibility index (Phi) is 5.78. The number of carbonyl (C=O) groups is 2. The predicted octanol–water partition coefficient (Wildman–Crippen LogP) is 3.31. The van der Waals surface area contributed by atoms with Gasteiger partial charge in [-0.05, 0) is 44.0 Å². The summed E-state index contributed by atoms with van der Waals surface area (Å²) < 4.78 is 0. The van der Waals surface area contributed by atoms with Crippen LogP contribution in [0.4, 0.5) is 5.69 Å². The second-order valence-corrected chi connectivity index (χ2v) is 6.39. The topological polar surface area (TPSA) is 103 Å². The number of pyridine rings is 1. The zero-order valence-electron chi connectivity index (χ0n) is 14.1. The first-order chi connectivity index (χ1) is 11.8. The van der Waals surface area contributed by atoms with Gasteiger partial charge in [-0.1, -0.05) is 23.9 Å². The number of aryl methyl sites for hydroxylation is 1. The Bertz CT molecular complexity index is 888. The number of para-hydroxylation sites is 1. The summed E-state index contributed by atoms with van der Waals surface area (Å²) in [5.41, 5.74) is 3.36. The summed E-state index contributed by atoms with van der Waals surface area (Å²) in [6.07, 6.45) is 0. The van der Waals surface area contributed by atoms with E-state index in [9.17, 15) is 14.9 Å². The number of aromatic carboxylic acids is 1. The van der Waals surface area contributed by atoms with Crippen LogP contribution in [0.1, 0.15) is 32.7 Å². The maximum absolute atomic E-state index is 12.2. The summed E-state index contributed by atoms with van der Waals surface area (Å²) in [5.74, 6) is -1.44. The highest BCUT2D eigenvalue weighted by Crippen LogP contribution is 2.26. The number of amides is 1. The Morgan fingerprint density at radius 3 is 2.56 bits per heavy atom. The zero-order chi connectivity index (χ0) is 18.6. The van der Waals surface area contributed by atoms with E-state index in [-0.39, 0.29) is 22.9 Å². The summed E-state index contributed by atoms with van der Waals surface area (Å²) in [7, 11) is 0. The van der Waals surface area contributed by atoms with E-state index in [0.29, 0.717) is 10.6 Å². The number of rotatable bonds is 5. The molecule has 1 aromatic carbocycles. The van der Waals surface area contributed by atoms with Gasteiger partial charge in [-0.2, -0.15) is 5.26 Å². The molecule has 1 aromatic heterocycles. The average molecular weight is 355 g/mol. The number of thioether (sulfide) groups is 1. The van der Waals surface area contributed by atoms with Gasteiger partial charge in [-0.3, -0.25) is 4.79 Å². The fourth-order valence-electron chi connectivity index (χ4n) is 2.25. The number of benzene rings is 1. The number of hydrogen-bond donors (Lipinski definition) is 2. The van der Waals surface area contributed by atoms with Crippen molar-refractivity contribution in [1.29, 1.82) is 5.26 Å². The molecule has 0 spiro atoms. The predicted molar refractivity (Wildman–Crippen MR) is 95.9 cm³/mol. The van der Waals surface area contributed by atoms with Crippen LogP contribution in [0.3, 0.4) is 0 Å². The highest BCUT2D eigenvalue weighted by atomic mass is 32.2. The number of anilines is 1. The molecule has 0 saturated carbocycles. The van der Waals surface area contributed by atoms with Crippen LogP contribution in [0, 0.1) is 32.1 Å². The summed E-state index contributed by atoms with van der Waals surface area (Å²) >= 11 is 1.16. The molecule has 6 nitrogen and oxygen atoms in total. The van der Waals surface area contributed by atoms with Gasteiger partial charge in [-0.25, -0.2) is 9.78 Å². The number of nitrogens with one attached hydrogen (secondary N) is 1. The molecule has 7 heteroatoms. The van der Waals surface area contributed by atoms with E-state index in [0.717, 1.165) is 28.6 Å². The second kappa shape index (κ2) is 7.81. The molecule has 0 fully saturated rings. The Labute approximate surface area is 149 Å². The normalized spacial score (nSPS) is 10.2. The summed E-state index contributed by atoms with van der Waals surface area (Å²) in [6, 6.07) is 8.34. The van der Waals surface area contributed by atoms with Gasteiger partial charge in [-0.15, -0.1) is 0 Å². The van der Waals surface area contributed by atoms with Gasteiger partial charge in [0.25, 0.3) is 0 Å². The number of hydrogen-bond acceptors (Lipinski definition) is 5. The van der Waals surface area contributed by atoms with Crippen LogP contribution in [0.2, 0.25) is 0 Å². The van der Waals surface area contributed by atoms with Crippen molar-refractivity contribution in [2.75, 3.05) is 11.1 Å². The smallest absolute Gasteiger partial charge is 0.337 e. The molecule has 25 heavy (non-hydrogen) atoms. The molecule has 0 radical (unpaired) electrons. The summed E-state index contributed by atoms with van der Waals surface area (Å²) in [6.45, 7) is 5.62. The molecule has 2 rings (SSSR count). The highest BCUT2D eigenvalue weighted by Gasteiger charge is 2.16. The lowest BCUT2D eigenvalue weighted by Gasteiger charge is -2.11. The Morgan fingerprint density at radius 2 is 1.92 bits per heavy atom. The first-order valence-corrected chi connectivity index (χ1v) is 8.46. The van der Waals surface area contributed by atoms with Gasteiger partial charge >= 0.3 is 5.97 Å². The lowest BCUT2D eigenvalue weighted by molar-refractivity contribution is -0.113. The van der Waals surface area contributed by atoms with E-state index in [4.69, 9.17) is 5.11 Å². The minimum absolute atomic E-state index is 0.0254. The van der Waals surface area contributed by atoms with Crippen molar-refractivity contribution < 1.29 is 14.7 Å². The third kappa shape index (κ3) is 4.17. The number of aromatic nitrogens is 1. The number of carboxylic acids is 1. The molecule has 0 unspecified atom stereocenters. The van der Waals surface area contributed by atoms with Gasteiger partial charge in [0.15, 0.2) is 0 Å². The maximum atomic E-state index is 12.2. The van der Waals surface area contributed by atoms with Gasteiger partial charge in [0.1, 0.15) is 11.1 Å². The lowest BCUT2D eigenvalue weighted by atomic mass is 10.1. The Hall–Kier alpha value is -2.85. The van der Waals surface area contributed by atoms with E-state index in [1.165, 1.54) is 12.1 Å². The van der Waals surface area contributed by atoms with Crippen molar-refractivity contribution in [3.63, 3.8) is 0 Å². The van der Waals surface area contributed by atoms with Crippen LogP contribution in [-0.4, -0.2) is 27.7 Å². The summed E-state index contributed by atoms with van der Waals surface area (Å²) in [5, 5.41) is 21.6. The standard InChI is InChI=1S/C18H17N3O3S/c1-10-11(2)14(8-19)17(20-12(10)3)25-9-16(22)21-15-7-5-4-6-13(15)18(23)24/h4-7H,9H2,1-3H3,(H,21,22)(H,23,24). The van der Waals surface area contributed by atoms with E-state index >= 15 is 0 Å². The van der Waals surface area contributed by atoms with Crippen molar-refractivity contribution >= 4 is 29.3 Å². The minimum atomic E-state index is -1.11. The molecule has 0 aliphatic carbocycles. The van der Waals surface area contributed by atoms with Crippen molar-refractivity contribution in [3.05, 3.63) is 52.2 Å². The third-order valence-electron chi connectivity index (χ3n) is 3.85. The van der Waals surface area contributed by atoms with Crippen LogP contribution in [0.5, 0.6) is 0 Å². The van der Waals surface area contributed by atoms with E-state index in [2.05, 4.69) is 16.4 Å². The first-order valence-electron chi connectivity index (χ1n) is 7.48. The number of nitrogens with zero attached hydrogens (tertiary/aromatic N) is 2. The Balaban J connectivity index is 2.14. The van der Waals surface area contributed by atoms with Crippen molar-refractivity contribution in [2.24, 2.45) is 0 Å². The van der Waals surface area contributed by atoms with Gasteiger partial charge in [0, 0.05) is 5.69 Å². The van der Waals surface area contributed by atoms with Gasteiger partial charge < -0.3 is 10.4 Å². The molecule has 128 valence electrons. The van der Waals surface area contributed by atoms with E-state index in [1.54, 1.807) is 12.1 Å². The average Bonchev–Trinajstić information content (AvgIpc) is 2.58. The van der Waals surface area contributed by atoms with E-state index in [1.807, 2.05) is 20.8 Å². The summed E-state index contributed by atoms with van der Waals surface area (Å²) in [4.78, 5) is 27.7. The fraction of sp³-hybridized carbons (Fsp3) is 0.222. The molecular formula is C18H17N3O3S. The molecule has 0 atom stereocenters. The van der Waals surface area contributed by atoms with Crippen molar-refractivity contribution in [1.82, 2.24) is 4.98 Å². The zero-order valence-corrected chi connectivity index (χ0v) is 14.9. The lowest BCUT2D eigenvalue weighted by Crippen LogP contribution is -2.17. The molecule has 2 aromatic rings. The quantitative estimate of drug-likeness (QED) is 0.798. The molecular weight excluding hydrogens is 338 g/mol. The number of nitriles is 1. The number of carboxylic acid groups (broad SMARTS) is 1. The van der Waals surface area contributed by atoms with Crippen LogP contribution >= 0.6 is 11.8 Å². The maximum Gasteiger partial charge on any atom is 0.337 e. The molecule has 2 N–H and O–H groups in total. The third-order valence-corrected chi connectivity index (χ3v) is 4.82.